The number of aliphatic hydroxyl groups is 3. The van der Waals surface area contributed by atoms with Crippen molar-refractivity contribution in [2.75, 3.05) is 13.2 Å². The Morgan fingerprint density at radius 3 is 1.56 bits per heavy atom. The molecule has 19 nitrogen and oxygen atoms in total. The molecular formula is C30H60NO18P3. The molecule has 0 aromatic heterocycles. The van der Waals surface area contributed by atoms with Crippen LogP contribution >= 0.6 is 23.5 Å². The van der Waals surface area contributed by atoms with Gasteiger partial charge in [0.1, 0.15) is 42.7 Å². The van der Waals surface area contributed by atoms with Gasteiger partial charge in [-0.05, 0) is 12.8 Å². The molecule has 0 saturated heterocycles. The van der Waals surface area contributed by atoms with Crippen molar-refractivity contribution in [1.82, 2.24) is 5.32 Å². The molecule has 1 amide bonds. The minimum Gasteiger partial charge on any atom is -0.460 e. The van der Waals surface area contributed by atoms with Crippen molar-refractivity contribution < 1.29 is 85.9 Å². The number of rotatable bonds is 29. The van der Waals surface area contributed by atoms with Crippen molar-refractivity contribution >= 4 is 35.3 Å². The molecule has 0 aliphatic heterocycles. The number of ether oxygens (including phenoxy) is 1. The zero-order chi connectivity index (χ0) is 39.4. The summed E-state index contributed by atoms with van der Waals surface area (Å²) >= 11 is 0. The van der Waals surface area contributed by atoms with Gasteiger partial charge in [-0.2, -0.15) is 0 Å². The van der Waals surface area contributed by atoms with Crippen LogP contribution in [0.5, 0.6) is 0 Å². The Kier molecular flexibility index (Phi) is 24.0. The zero-order valence-electron chi connectivity index (χ0n) is 30.0. The summed E-state index contributed by atoms with van der Waals surface area (Å²) in [5, 5.41) is 34.1. The van der Waals surface area contributed by atoms with Crippen molar-refractivity contribution in [2.24, 2.45) is 0 Å². The summed E-state index contributed by atoms with van der Waals surface area (Å²) in [5.74, 6) is -0.899. The van der Waals surface area contributed by atoms with Gasteiger partial charge in [0.15, 0.2) is 0 Å². The first-order valence-corrected chi connectivity index (χ1v) is 22.5. The predicted molar refractivity (Wildman–Crippen MR) is 185 cm³/mol. The minimum absolute atomic E-state index is 0.00403. The summed E-state index contributed by atoms with van der Waals surface area (Å²) in [6, 6.07) is 0. The molecule has 0 spiro atoms. The van der Waals surface area contributed by atoms with E-state index in [1.165, 1.54) is 51.4 Å². The molecule has 1 fully saturated rings. The number of carbonyl (C=O) groups excluding carboxylic acids is 2. The number of unbranched alkanes of at least 4 members (excludes halogenated alkanes) is 12. The number of esters is 1. The van der Waals surface area contributed by atoms with E-state index in [-0.39, 0.29) is 31.7 Å². The van der Waals surface area contributed by atoms with Gasteiger partial charge in [-0.1, -0.05) is 90.9 Å². The molecule has 0 aromatic rings. The van der Waals surface area contributed by atoms with E-state index in [1.807, 2.05) is 0 Å². The predicted octanol–water partition coefficient (Wildman–Crippen LogP) is 3.24. The van der Waals surface area contributed by atoms with Crippen LogP contribution in [0.1, 0.15) is 123 Å². The van der Waals surface area contributed by atoms with Crippen molar-refractivity contribution in [3.63, 3.8) is 0 Å². The first-order chi connectivity index (χ1) is 24.3. The number of phosphoric acid groups is 3. The molecule has 0 aromatic carbocycles. The van der Waals surface area contributed by atoms with Crippen LogP contribution in [0.2, 0.25) is 0 Å². The van der Waals surface area contributed by atoms with Gasteiger partial charge in [0.25, 0.3) is 0 Å². The third-order valence-electron chi connectivity index (χ3n) is 8.26. The molecule has 1 saturated carbocycles. The van der Waals surface area contributed by atoms with E-state index in [1.54, 1.807) is 6.92 Å². The fourth-order valence-corrected chi connectivity index (χ4v) is 7.71. The largest absolute Gasteiger partial charge is 0.472 e. The number of carbonyl (C=O) groups is 2. The molecule has 1 aliphatic carbocycles. The highest BCUT2D eigenvalue weighted by Gasteiger charge is 2.56. The van der Waals surface area contributed by atoms with Crippen LogP contribution in [-0.2, 0) is 46.1 Å². The van der Waals surface area contributed by atoms with Gasteiger partial charge in [0.05, 0.1) is 6.61 Å². The summed E-state index contributed by atoms with van der Waals surface area (Å²) in [6.07, 6.45) is -0.627. The summed E-state index contributed by atoms with van der Waals surface area (Å²) in [4.78, 5) is 71.7. The molecule has 1 rings (SSSR count). The lowest BCUT2D eigenvalue weighted by Crippen LogP contribution is -2.65. The minimum atomic E-state index is -5.57. The maximum atomic E-state index is 12.9. The third-order valence-corrected chi connectivity index (χ3v) is 10.3. The molecule has 0 bridgehead atoms. The number of nitrogens with one attached hydrogen (secondary N) is 1. The molecule has 0 heterocycles. The summed E-state index contributed by atoms with van der Waals surface area (Å²) in [5.41, 5.74) is 0. The number of hydrogen-bond acceptors (Lipinski definition) is 13. The van der Waals surface area contributed by atoms with Crippen molar-refractivity contribution in [3.8, 4) is 0 Å². The topological polar surface area (TPSA) is 305 Å². The summed E-state index contributed by atoms with van der Waals surface area (Å²) in [7, 11) is -16.4. The normalized spacial score (nSPS) is 24.3. The van der Waals surface area contributed by atoms with E-state index < -0.39 is 78.8 Å². The van der Waals surface area contributed by atoms with Crippen LogP contribution in [0.3, 0.4) is 0 Å². The standard InChI is InChI=1S/C30H60NO18P3/c1-3-5-6-7-8-9-10-11-12-13-14-15-16-18-24(33)46-22(19-20-31-23(32)17-4-2)21-45-52(43,44)49-28-25(34)26(35)29(47-50(37,38)39)30(27(28)36)48-51(40,41)42/h22,25-30,34-36H,3-21H2,1-2H3,(H,31,32)(H,43,44)(H2,37,38,39)(H2,40,41,42)/t22-,25?,26-,27+,28?,29?,30+/m1/s1. The Balaban J connectivity index is 2.75. The lowest BCUT2D eigenvalue weighted by atomic mass is 9.85. The highest BCUT2D eigenvalue weighted by atomic mass is 31.2. The second-order valence-corrected chi connectivity index (χ2v) is 16.7. The quantitative estimate of drug-likeness (QED) is 0.0297. The molecule has 1 aliphatic rings. The van der Waals surface area contributed by atoms with Gasteiger partial charge in [-0.15, -0.1) is 0 Å². The van der Waals surface area contributed by atoms with Crippen LogP contribution in [0.15, 0.2) is 0 Å². The van der Waals surface area contributed by atoms with Gasteiger partial charge < -0.3 is 49.8 Å². The maximum absolute atomic E-state index is 12.9. The molecule has 4 unspecified atom stereocenters. The monoisotopic (exact) mass is 815 g/mol. The number of aliphatic hydroxyl groups excluding tert-OH is 3. The smallest absolute Gasteiger partial charge is 0.460 e. The number of amides is 1. The van der Waals surface area contributed by atoms with Crippen LogP contribution in [-0.4, -0.2) is 108 Å². The van der Waals surface area contributed by atoms with Gasteiger partial charge in [-0.25, -0.2) is 13.7 Å². The Morgan fingerprint density at radius 1 is 0.615 bits per heavy atom. The molecular weight excluding hydrogens is 755 g/mol. The summed E-state index contributed by atoms with van der Waals surface area (Å²) in [6.45, 7) is 3.22. The number of phosphoric ester groups is 3. The van der Waals surface area contributed by atoms with E-state index in [9.17, 15) is 53.3 Å². The van der Waals surface area contributed by atoms with E-state index in [2.05, 4.69) is 21.3 Å². The van der Waals surface area contributed by atoms with Crippen molar-refractivity contribution in [3.05, 3.63) is 0 Å². The first kappa shape index (κ1) is 49.2. The molecule has 8 atom stereocenters. The van der Waals surface area contributed by atoms with Crippen molar-refractivity contribution in [2.45, 2.75) is 166 Å². The zero-order valence-corrected chi connectivity index (χ0v) is 32.7. The van der Waals surface area contributed by atoms with Gasteiger partial charge in [-0.3, -0.25) is 27.7 Å². The van der Waals surface area contributed by atoms with Crippen LogP contribution in [0.4, 0.5) is 0 Å². The van der Waals surface area contributed by atoms with Crippen LogP contribution < -0.4 is 5.32 Å². The van der Waals surface area contributed by atoms with E-state index in [4.69, 9.17) is 23.6 Å². The third kappa shape index (κ3) is 21.9. The Morgan fingerprint density at radius 2 is 1.08 bits per heavy atom. The Labute approximate surface area is 305 Å². The SMILES string of the molecule is CCCCCCCCCCCCCCCC(=O)O[C@H](CCNC(=O)CCC)COP(=O)(O)OC1C(O)[C@@H](O)C(OP(=O)(O)O)[C@@H](OP(=O)(O)O)[C@H]1O. The second-order valence-electron chi connectivity index (χ2n) is 12.9. The first-order valence-electron chi connectivity index (χ1n) is 17.9. The average molecular weight is 816 g/mol. The molecule has 308 valence electrons. The fraction of sp³-hybridized carbons (Fsp3) is 0.933. The molecule has 0 radical (unpaired) electrons. The summed E-state index contributed by atoms with van der Waals surface area (Å²) < 4.78 is 59.5. The molecule has 22 heteroatoms. The lowest BCUT2D eigenvalue weighted by Gasteiger charge is -2.44. The fourth-order valence-electron chi connectivity index (χ4n) is 5.61. The molecule has 9 N–H and O–H groups in total. The number of hydrogen-bond donors (Lipinski definition) is 9. The Bertz CT molecular complexity index is 1170. The molecule has 52 heavy (non-hydrogen) atoms. The van der Waals surface area contributed by atoms with Gasteiger partial charge >= 0.3 is 29.4 Å². The van der Waals surface area contributed by atoms with Crippen molar-refractivity contribution in [1.29, 1.82) is 0 Å². The maximum Gasteiger partial charge on any atom is 0.472 e. The van der Waals surface area contributed by atoms with E-state index in [0.29, 0.717) is 12.8 Å². The lowest BCUT2D eigenvalue weighted by molar-refractivity contribution is -0.213. The second kappa shape index (κ2) is 25.3. The average Bonchev–Trinajstić information content (AvgIpc) is 3.04. The highest BCUT2D eigenvalue weighted by molar-refractivity contribution is 7.47. The van der Waals surface area contributed by atoms with Gasteiger partial charge in [0.2, 0.25) is 5.91 Å². The van der Waals surface area contributed by atoms with Gasteiger partial charge in [0, 0.05) is 25.8 Å². The van der Waals surface area contributed by atoms with E-state index >= 15 is 0 Å². The highest BCUT2D eigenvalue weighted by Crippen LogP contribution is 2.51. The van der Waals surface area contributed by atoms with Crippen LogP contribution in [0.25, 0.3) is 0 Å². The van der Waals surface area contributed by atoms with Crippen LogP contribution in [0, 0.1) is 0 Å². The Hall–Kier alpha value is -0.850. The van der Waals surface area contributed by atoms with E-state index in [0.717, 1.165) is 25.7 Å².